The molecule has 1 atom stereocenters. The summed E-state index contributed by atoms with van der Waals surface area (Å²) in [6.07, 6.45) is 5.86. The molecular weight excluding hydrogens is 444 g/mol. The molecule has 1 saturated carbocycles. The molecule has 1 amide bonds. The van der Waals surface area contributed by atoms with Crippen LogP contribution in [0.1, 0.15) is 67.4 Å². The van der Waals surface area contributed by atoms with Crippen LogP contribution in [0, 0.1) is 6.92 Å². The lowest BCUT2D eigenvalue weighted by Gasteiger charge is -2.18. The average molecular weight is 473 g/mol. The van der Waals surface area contributed by atoms with Crippen molar-refractivity contribution in [3.05, 3.63) is 40.7 Å². The van der Waals surface area contributed by atoms with Crippen LogP contribution in [0.15, 0.2) is 29.4 Å². The molecule has 0 aliphatic heterocycles. The lowest BCUT2D eigenvalue weighted by Crippen LogP contribution is -2.14. The van der Waals surface area contributed by atoms with Crippen molar-refractivity contribution in [1.29, 1.82) is 0 Å². The number of aromatic nitrogens is 5. The third-order valence-electron chi connectivity index (χ3n) is 5.51. The summed E-state index contributed by atoms with van der Waals surface area (Å²) >= 11 is 2.82. The van der Waals surface area contributed by atoms with E-state index in [0.29, 0.717) is 22.0 Å². The molecule has 10 heteroatoms. The summed E-state index contributed by atoms with van der Waals surface area (Å²) < 4.78 is 7.87. The number of amides is 1. The van der Waals surface area contributed by atoms with Crippen LogP contribution in [-0.2, 0) is 11.8 Å². The van der Waals surface area contributed by atoms with Gasteiger partial charge in [-0.1, -0.05) is 54.5 Å². The second-order valence-electron chi connectivity index (χ2n) is 8.09. The number of rotatable bonds is 8. The molecule has 1 aliphatic carbocycles. The van der Waals surface area contributed by atoms with Gasteiger partial charge in [-0.25, -0.2) is 0 Å². The Morgan fingerprint density at radius 3 is 2.84 bits per heavy atom. The maximum atomic E-state index is 12.4. The predicted octanol–water partition coefficient (Wildman–Crippen LogP) is 4.89. The van der Waals surface area contributed by atoms with Crippen LogP contribution in [0.5, 0.6) is 5.75 Å². The van der Waals surface area contributed by atoms with Crippen molar-refractivity contribution >= 4 is 34.1 Å². The van der Waals surface area contributed by atoms with Crippen molar-refractivity contribution in [3.63, 3.8) is 0 Å². The Morgan fingerprint density at radius 1 is 1.25 bits per heavy atom. The zero-order valence-corrected chi connectivity index (χ0v) is 20.2. The molecule has 0 saturated heterocycles. The van der Waals surface area contributed by atoms with E-state index in [-0.39, 0.29) is 17.8 Å². The van der Waals surface area contributed by atoms with Crippen molar-refractivity contribution in [2.45, 2.75) is 63.1 Å². The summed E-state index contributed by atoms with van der Waals surface area (Å²) in [6, 6.07) is 7.90. The quantitative estimate of drug-likeness (QED) is 0.466. The van der Waals surface area contributed by atoms with E-state index in [2.05, 4.69) is 25.7 Å². The third kappa shape index (κ3) is 5.66. The summed E-state index contributed by atoms with van der Waals surface area (Å²) in [5, 5.41) is 22.1. The molecule has 170 valence electrons. The molecular formula is C22H28N6O2S2. The standard InChI is InChI=1S/C22H28N6O2S2/c1-14-8-7-11-17(12-14)30-15(2)19-24-27-22(28(19)3)31-13-18(29)23-21-26-25-20(32-21)16-9-5-4-6-10-16/h7-8,11-12,15-16H,4-6,9-10,13H2,1-3H3,(H,23,26,29). The molecule has 0 radical (unpaired) electrons. The number of hydrogen-bond donors (Lipinski definition) is 1. The van der Waals surface area contributed by atoms with Gasteiger partial charge in [-0.15, -0.1) is 20.4 Å². The summed E-state index contributed by atoms with van der Waals surface area (Å²) in [5.41, 5.74) is 1.14. The first-order valence-corrected chi connectivity index (χ1v) is 12.7. The zero-order valence-electron chi connectivity index (χ0n) is 18.6. The van der Waals surface area contributed by atoms with E-state index in [1.165, 1.54) is 55.2 Å². The average Bonchev–Trinajstić information content (AvgIpc) is 3.39. The molecule has 0 spiro atoms. The molecule has 32 heavy (non-hydrogen) atoms. The molecule has 3 aromatic rings. The Labute approximate surface area is 196 Å². The van der Waals surface area contributed by atoms with Crippen LogP contribution in [0.3, 0.4) is 0 Å². The van der Waals surface area contributed by atoms with Gasteiger partial charge in [0.15, 0.2) is 17.1 Å². The number of anilines is 1. The molecule has 1 unspecified atom stereocenters. The lowest BCUT2D eigenvalue weighted by atomic mass is 9.90. The topological polar surface area (TPSA) is 94.8 Å². The van der Waals surface area contributed by atoms with Crippen molar-refractivity contribution in [2.75, 3.05) is 11.1 Å². The van der Waals surface area contributed by atoms with Gasteiger partial charge >= 0.3 is 0 Å². The minimum absolute atomic E-state index is 0.130. The highest BCUT2D eigenvalue weighted by atomic mass is 32.2. The van der Waals surface area contributed by atoms with Gasteiger partial charge in [0.05, 0.1) is 5.75 Å². The van der Waals surface area contributed by atoms with Crippen LogP contribution < -0.4 is 10.1 Å². The summed E-state index contributed by atoms with van der Waals surface area (Å²) in [6.45, 7) is 3.96. The number of carbonyl (C=O) groups is 1. The van der Waals surface area contributed by atoms with Gasteiger partial charge in [0, 0.05) is 13.0 Å². The largest absolute Gasteiger partial charge is 0.483 e. The number of benzene rings is 1. The van der Waals surface area contributed by atoms with Gasteiger partial charge in [0.2, 0.25) is 11.0 Å². The molecule has 1 aliphatic rings. The van der Waals surface area contributed by atoms with Gasteiger partial charge < -0.3 is 9.30 Å². The molecule has 1 N–H and O–H groups in total. The number of thioether (sulfide) groups is 1. The highest BCUT2D eigenvalue weighted by Gasteiger charge is 2.21. The molecule has 2 heterocycles. The second kappa shape index (κ2) is 10.4. The molecule has 2 aromatic heterocycles. The Kier molecular flexibility index (Phi) is 7.41. The Morgan fingerprint density at radius 2 is 2.06 bits per heavy atom. The fourth-order valence-electron chi connectivity index (χ4n) is 3.84. The van der Waals surface area contributed by atoms with Crippen LogP contribution in [0.25, 0.3) is 0 Å². The van der Waals surface area contributed by atoms with Crippen molar-refractivity contribution in [2.24, 2.45) is 7.05 Å². The number of carbonyl (C=O) groups excluding carboxylic acids is 1. The first-order chi connectivity index (χ1) is 15.5. The molecule has 4 rings (SSSR count). The Bertz CT molecular complexity index is 1060. The number of nitrogens with zero attached hydrogens (tertiary/aromatic N) is 5. The van der Waals surface area contributed by atoms with E-state index in [9.17, 15) is 4.79 Å². The SMILES string of the molecule is Cc1cccc(OC(C)c2nnc(SCC(=O)Nc3nnc(C4CCCCC4)s3)n2C)c1. The van der Waals surface area contributed by atoms with Crippen LogP contribution in [0.2, 0.25) is 0 Å². The van der Waals surface area contributed by atoms with Crippen molar-refractivity contribution < 1.29 is 9.53 Å². The summed E-state index contributed by atoms with van der Waals surface area (Å²) in [4.78, 5) is 12.4. The Balaban J connectivity index is 1.30. The van der Waals surface area contributed by atoms with Crippen LogP contribution in [0.4, 0.5) is 5.13 Å². The second-order valence-corrected chi connectivity index (χ2v) is 10.0. The van der Waals surface area contributed by atoms with E-state index in [4.69, 9.17) is 4.74 Å². The maximum Gasteiger partial charge on any atom is 0.236 e. The number of ether oxygens (including phenoxy) is 1. The normalized spacial score (nSPS) is 15.5. The summed E-state index contributed by atoms with van der Waals surface area (Å²) in [7, 11) is 1.88. The van der Waals surface area contributed by atoms with E-state index < -0.39 is 0 Å². The number of hydrogen-bond acceptors (Lipinski definition) is 8. The van der Waals surface area contributed by atoms with E-state index in [1.807, 2.05) is 49.7 Å². The van der Waals surface area contributed by atoms with Crippen LogP contribution >= 0.6 is 23.1 Å². The number of aryl methyl sites for hydroxylation is 1. The minimum atomic E-state index is -0.267. The lowest BCUT2D eigenvalue weighted by molar-refractivity contribution is -0.113. The monoisotopic (exact) mass is 472 g/mol. The molecule has 1 aromatic carbocycles. The predicted molar refractivity (Wildman–Crippen MR) is 126 cm³/mol. The first kappa shape index (κ1) is 22.7. The van der Waals surface area contributed by atoms with Crippen LogP contribution in [-0.4, -0.2) is 36.6 Å². The van der Waals surface area contributed by atoms with Gasteiger partial charge in [0.1, 0.15) is 10.8 Å². The summed E-state index contributed by atoms with van der Waals surface area (Å²) in [5.74, 6) is 2.07. The van der Waals surface area contributed by atoms with Gasteiger partial charge in [-0.3, -0.25) is 10.1 Å². The van der Waals surface area contributed by atoms with E-state index in [0.717, 1.165) is 16.3 Å². The Hall–Kier alpha value is -2.46. The van der Waals surface area contributed by atoms with Gasteiger partial charge in [-0.2, -0.15) is 0 Å². The molecule has 1 fully saturated rings. The number of nitrogens with one attached hydrogen (secondary N) is 1. The highest BCUT2D eigenvalue weighted by Crippen LogP contribution is 2.35. The van der Waals surface area contributed by atoms with E-state index in [1.54, 1.807) is 0 Å². The molecule has 8 nitrogen and oxygen atoms in total. The van der Waals surface area contributed by atoms with E-state index >= 15 is 0 Å². The highest BCUT2D eigenvalue weighted by molar-refractivity contribution is 7.99. The molecule has 0 bridgehead atoms. The fourth-order valence-corrected chi connectivity index (χ4v) is 5.48. The third-order valence-corrected chi connectivity index (χ3v) is 7.53. The van der Waals surface area contributed by atoms with Gasteiger partial charge in [0.25, 0.3) is 0 Å². The smallest absolute Gasteiger partial charge is 0.236 e. The maximum absolute atomic E-state index is 12.4. The minimum Gasteiger partial charge on any atom is -0.483 e. The first-order valence-electron chi connectivity index (χ1n) is 10.9. The fraction of sp³-hybridized carbons (Fsp3) is 0.500. The zero-order chi connectivity index (χ0) is 22.5. The van der Waals surface area contributed by atoms with Crippen molar-refractivity contribution in [1.82, 2.24) is 25.0 Å². The van der Waals surface area contributed by atoms with Crippen molar-refractivity contribution in [3.8, 4) is 5.75 Å². The van der Waals surface area contributed by atoms with Gasteiger partial charge in [-0.05, 0) is 44.4 Å².